The molecule has 1 aliphatic heterocycles. The molecule has 0 unspecified atom stereocenters. The molecule has 222 valence electrons. The Labute approximate surface area is 255 Å². The molecule has 0 atom stereocenters. The summed E-state index contributed by atoms with van der Waals surface area (Å²) in [6, 6.07) is 29.7. The van der Waals surface area contributed by atoms with Crippen LogP contribution < -0.4 is 21.1 Å². The average molecular weight is 576 g/mol. The number of carbonyl (C=O) groups excluding carboxylic acids is 1. The molecule has 4 aromatic carbocycles. The molecule has 43 heavy (non-hydrogen) atoms. The van der Waals surface area contributed by atoms with E-state index in [0.717, 1.165) is 53.9 Å². The fourth-order valence-electron chi connectivity index (χ4n) is 5.86. The number of para-hydroxylation sites is 1. The van der Waals surface area contributed by atoms with Gasteiger partial charge in [-0.1, -0.05) is 36.4 Å². The number of ether oxygens (including phenoxy) is 1. The van der Waals surface area contributed by atoms with Crippen molar-refractivity contribution in [2.75, 3.05) is 32.1 Å². The van der Waals surface area contributed by atoms with E-state index in [1.54, 1.807) is 7.11 Å². The molecule has 0 fully saturated rings. The second-order valence-electron chi connectivity index (χ2n) is 11.6. The number of allylic oxidation sites excluding steroid dienone is 1. The van der Waals surface area contributed by atoms with Gasteiger partial charge in [0.15, 0.2) is 5.71 Å². The van der Waals surface area contributed by atoms with E-state index in [1.165, 1.54) is 22.3 Å². The zero-order chi connectivity index (χ0) is 30.2. The summed E-state index contributed by atoms with van der Waals surface area (Å²) in [6.45, 7) is 6.52. The van der Waals surface area contributed by atoms with E-state index in [1.807, 2.05) is 24.3 Å². The molecule has 0 bridgehead atoms. The minimum atomic E-state index is -0.188. The van der Waals surface area contributed by atoms with Gasteiger partial charge < -0.3 is 21.1 Å². The molecule has 5 rings (SSSR count). The lowest BCUT2D eigenvalue weighted by atomic mass is 9.81. The van der Waals surface area contributed by atoms with E-state index in [0.29, 0.717) is 19.5 Å². The first-order chi connectivity index (χ1) is 20.9. The number of unbranched alkanes of at least 4 members (excludes halogenated alkanes) is 2. The number of nitrogens with zero attached hydrogens (tertiary/aromatic N) is 1. The summed E-state index contributed by atoms with van der Waals surface area (Å²) >= 11 is 0. The van der Waals surface area contributed by atoms with Gasteiger partial charge in [0.2, 0.25) is 11.6 Å². The van der Waals surface area contributed by atoms with Crippen molar-refractivity contribution in [2.45, 2.75) is 44.9 Å². The van der Waals surface area contributed by atoms with Crippen LogP contribution in [0.15, 0.2) is 91.0 Å². The number of benzene rings is 4. The molecular weight excluding hydrogens is 532 g/mol. The molecule has 0 aromatic heterocycles. The van der Waals surface area contributed by atoms with Gasteiger partial charge in [0.05, 0.1) is 12.5 Å². The average Bonchev–Trinajstić information content (AvgIpc) is 3.23. The van der Waals surface area contributed by atoms with Gasteiger partial charge in [-0.25, -0.2) is 0 Å². The summed E-state index contributed by atoms with van der Waals surface area (Å²) in [5.74, 6) is 0.949. The predicted molar refractivity (Wildman–Crippen MR) is 179 cm³/mol. The SMILES string of the molecule is COc1ccc2cc(/C=C/C3=[N+](CCCCCC(=O)NCCN)c4ccc(Nc5ccccc5)cc4C3(C)C)ccc2c1. The number of hydrogen-bond donors (Lipinski definition) is 3. The van der Waals surface area contributed by atoms with Crippen LogP contribution in [-0.4, -0.2) is 42.9 Å². The van der Waals surface area contributed by atoms with Gasteiger partial charge in [0.25, 0.3) is 0 Å². The van der Waals surface area contributed by atoms with Crippen LogP contribution in [0.25, 0.3) is 16.8 Å². The first kappa shape index (κ1) is 30.1. The van der Waals surface area contributed by atoms with Crippen molar-refractivity contribution >= 4 is 45.5 Å². The third-order valence-electron chi connectivity index (χ3n) is 8.21. The molecule has 1 aliphatic rings. The lowest BCUT2D eigenvalue weighted by Gasteiger charge is -2.17. The Morgan fingerprint density at radius 3 is 2.47 bits per heavy atom. The monoisotopic (exact) mass is 575 g/mol. The number of nitrogens with one attached hydrogen (secondary N) is 2. The Morgan fingerprint density at radius 2 is 1.67 bits per heavy atom. The van der Waals surface area contributed by atoms with Gasteiger partial charge in [0.1, 0.15) is 12.3 Å². The van der Waals surface area contributed by atoms with Crippen LogP contribution in [0.3, 0.4) is 0 Å². The highest BCUT2D eigenvalue weighted by atomic mass is 16.5. The number of anilines is 2. The summed E-state index contributed by atoms with van der Waals surface area (Å²) in [5.41, 5.74) is 12.5. The van der Waals surface area contributed by atoms with E-state index in [2.05, 4.69) is 102 Å². The maximum Gasteiger partial charge on any atom is 0.220 e. The van der Waals surface area contributed by atoms with Crippen molar-refractivity contribution in [3.63, 3.8) is 0 Å². The molecule has 1 amide bonds. The van der Waals surface area contributed by atoms with Gasteiger partial charge in [-0.3, -0.25) is 4.79 Å². The van der Waals surface area contributed by atoms with Gasteiger partial charge in [-0.15, -0.1) is 0 Å². The van der Waals surface area contributed by atoms with Crippen molar-refractivity contribution in [3.8, 4) is 5.75 Å². The molecule has 0 saturated carbocycles. The van der Waals surface area contributed by atoms with Crippen molar-refractivity contribution in [1.29, 1.82) is 0 Å². The van der Waals surface area contributed by atoms with Gasteiger partial charge in [0, 0.05) is 55.0 Å². The number of methoxy groups -OCH3 is 1. The number of hydrogen-bond acceptors (Lipinski definition) is 4. The topological polar surface area (TPSA) is 79.4 Å². The van der Waals surface area contributed by atoms with E-state index < -0.39 is 0 Å². The third-order valence-corrected chi connectivity index (χ3v) is 8.21. The summed E-state index contributed by atoms with van der Waals surface area (Å²) in [4.78, 5) is 12.0. The van der Waals surface area contributed by atoms with Crippen LogP contribution in [0, 0.1) is 0 Å². The summed E-state index contributed by atoms with van der Waals surface area (Å²) in [7, 11) is 1.70. The molecule has 0 saturated heterocycles. The van der Waals surface area contributed by atoms with Crippen molar-refractivity contribution in [2.24, 2.45) is 5.73 Å². The fraction of sp³-hybridized carbons (Fsp3) is 0.297. The Kier molecular flexibility index (Phi) is 9.58. The van der Waals surface area contributed by atoms with E-state index in [9.17, 15) is 4.79 Å². The standard InChI is InChI=1S/C37H42N4O2/c1-37(2)33-26-31(40-30-10-6-4-7-11-30)17-19-34(33)41(23-9-5-8-12-36(42)39-22-21-38)35(37)20-14-27-13-15-29-25-32(43-3)18-16-28(29)24-27/h4,6-7,10-11,13-20,24-26,40H,5,8-9,12,21-23,38H2,1-3H3/p+1/b20-14+. The second kappa shape index (κ2) is 13.7. The highest BCUT2D eigenvalue weighted by molar-refractivity contribution is 6.05. The molecular formula is C37H43N4O2+. The summed E-state index contributed by atoms with van der Waals surface area (Å²) in [6.07, 6.45) is 7.91. The van der Waals surface area contributed by atoms with Crippen LogP contribution in [-0.2, 0) is 10.2 Å². The number of fused-ring (bicyclic) bond motifs is 2. The summed E-state index contributed by atoms with van der Waals surface area (Å²) in [5, 5.41) is 8.78. The Bertz CT molecular complexity index is 1640. The Balaban J connectivity index is 1.40. The number of rotatable bonds is 13. The fourth-order valence-corrected chi connectivity index (χ4v) is 5.86. The Hall–Kier alpha value is -4.42. The number of amides is 1. The third kappa shape index (κ3) is 7.15. The Morgan fingerprint density at radius 1 is 0.884 bits per heavy atom. The highest BCUT2D eigenvalue weighted by Crippen LogP contribution is 2.42. The zero-order valence-corrected chi connectivity index (χ0v) is 25.5. The van der Waals surface area contributed by atoms with E-state index in [4.69, 9.17) is 10.5 Å². The normalized spacial score (nSPS) is 13.9. The summed E-state index contributed by atoms with van der Waals surface area (Å²) < 4.78 is 7.87. The minimum Gasteiger partial charge on any atom is -0.497 e. The van der Waals surface area contributed by atoms with E-state index in [-0.39, 0.29) is 11.3 Å². The van der Waals surface area contributed by atoms with Crippen LogP contribution in [0.5, 0.6) is 5.75 Å². The van der Waals surface area contributed by atoms with E-state index >= 15 is 0 Å². The maximum absolute atomic E-state index is 12.0. The van der Waals surface area contributed by atoms with Gasteiger partial charge in [-0.05, 0) is 91.6 Å². The smallest absolute Gasteiger partial charge is 0.220 e. The maximum atomic E-state index is 12.0. The second-order valence-corrected chi connectivity index (χ2v) is 11.6. The molecule has 0 radical (unpaired) electrons. The molecule has 4 N–H and O–H groups in total. The van der Waals surface area contributed by atoms with Crippen LogP contribution in [0.2, 0.25) is 0 Å². The number of carbonyl (C=O) groups is 1. The minimum absolute atomic E-state index is 0.0839. The molecule has 1 heterocycles. The molecule has 4 aromatic rings. The molecule has 0 aliphatic carbocycles. The largest absolute Gasteiger partial charge is 0.497 e. The van der Waals surface area contributed by atoms with Crippen molar-refractivity contribution in [1.82, 2.24) is 5.32 Å². The van der Waals surface area contributed by atoms with Crippen LogP contribution in [0.1, 0.15) is 50.7 Å². The lowest BCUT2D eigenvalue weighted by molar-refractivity contribution is -0.438. The first-order valence-corrected chi connectivity index (χ1v) is 15.2. The highest BCUT2D eigenvalue weighted by Gasteiger charge is 2.44. The van der Waals surface area contributed by atoms with Gasteiger partial charge in [-0.2, -0.15) is 4.58 Å². The quantitative estimate of drug-likeness (QED) is 0.115. The molecule has 6 nitrogen and oxygen atoms in total. The lowest BCUT2D eigenvalue weighted by Crippen LogP contribution is -2.28. The zero-order valence-electron chi connectivity index (χ0n) is 25.5. The van der Waals surface area contributed by atoms with Gasteiger partial charge >= 0.3 is 0 Å². The predicted octanol–water partition coefficient (Wildman–Crippen LogP) is 7.32. The van der Waals surface area contributed by atoms with Crippen molar-refractivity contribution in [3.05, 3.63) is 102 Å². The molecule has 6 heteroatoms. The first-order valence-electron chi connectivity index (χ1n) is 15.2. The number of nitrogens with two attached hydrogens (primary N) is 1. The van der Waals surface area contributed by atoms with Crippen LogP contribution in [0.4, 0.5) is 17.1 Å². The van der Waals surface area contributed by atoms with Crippen molar-refractivity contribution < 1.29 is 14.1 Å². The molecule has 0 spiro atoms. The van der Waals surface area contributed by atoms with Crippen LogP contribution >= 0.6 is 0 Å².